The molecular weight excluding hydrogens is 230 g/mol. The van der Waals surface area contributed by atoms with Crippen molar-refractivity contribution in [1.82, 2.24) is 15.3 Å². The van der Waals surface area contributed by atoms with Crippen LogP contribution in [0.25, 0.3) is 0 Å². The Hall–Kier alpha value is -1.26. The number of nitrogens with zero attached hydrogens (tertiary/aromatic N) is 2. The molecule has 17 heavy (non-hydrogen) atoms. The molecule has 0 amide bonds. The molecule has 0 bridgehead atoms. The van der Waals surface area contributed by atoms with Crippen LogP contribution in [0.5, 0.6) is 0 Å². The summed E-state index contributed by atoms with van der Waals surface area (Å²) < 4.78 is 0. The van der Waals surface area contributed by atoms with Crippen molar-refractivity contribution in [3.8, 4) is 0 Å². The predicted molar refractivity (Wildman–Crippen MR) is 71.1 cm³/mol. The summed E-state index contributed by atoms with van der Waals surface area (Å²) in [5.74, 6) is 0. The Bertz CT molecular complexity index is 459. The number of hydrogen-bond donors (Lipinski definition) is 1. The van der Waals surface area contributed by atoms with Gasteiger partial charge in [0.05, 0.1) is 5.69 Å². The Morgan fingerprint density at radius 3 is 2.59 bits per heavy atom. The zero-order valence-corrected chi connectivity index (χ0v) is 11.2. The quantitative estimate of drug-likeness (QED) is 0.902. The maximum Gasteiger partial charge on any atom is 0.107 e. The van der Waals surface area contributed by atoms with Crippen molar-refractivity contribution in [2.45, 2.75) is 33.4 Å². The maximum atomic E-state index is 4.52. The minimum Gasteiger partial charge on any atom is -0.304 e. The molecular formula is C13H17N3S. The van der Waals surface area contributed by atoms with E-state index in [0.717, 1.165) is 17.2 Å². The average Bonchev–Trinajstić information content (AvgIpc) is 2.67. The molecule has 0 aliphatic heterocycles. The second kappa shape index (κ2) is 5.38. The van der Waals surface area contributed by atoms with Gasteiger partial charge in [0.2, 0.25) is 0 Å². The van der Waals surface area contributed by atoms with Crippen molar-refractivity contribution in [1.29, 1.82) is 0 Å². The first-order valence-corrected chi connectivity index (χ1v) is 6.54. The number of pyridine rings is 1. The van der Waals surface area contributed by atoms with E-state index in [2.05, 4.69) is 36.1 Å². The second-order valence-corrected chi connectivity index (χ2v) is 5.42. The number of aromatic nitrogens is 2. The lowest BCUT2D eigenvalue weighted by molar-refractivity contribution is 0.572. The fraction of sp³-hybridized carbons (Fsp3) is 0.385. The van der Waals surface area contributed by atoms with E-state index >= 15 is 0 Å². The molecule has 2 heterocycles. The minimum atomic E-state index is 0.322. The zero-order valence-electron chi connectivity index (χ0n) is 10.4. The third-order valence-corrected chi connectivity index (χ3v) is 3.91. The Kier molecular flexibility index (Phi) is 3.86. The van der Waals surface area contributed by atoms with Crippen LogP contribution in [0.15, 0.2) is 24.5 Å². The van der Waals surface area contributed by atoms with Gasteiger partial charge in [-0.05, 0) is 38.5 Å². The summed E-state index contributed by atoms with van der Waals surface area (Å²) in [5.41, 5.74) is 2.40. The smallest absolute Gasteiger partial charge is 0.107 e. The Morgan fingerprint density at radius 1 is 1.29 bits per heavy atom. The molecule has 2 aromatic heterocycles. The van der Waals surface area contributed by atoms with Crippen LogP contribution in [0, 0.1) is 13.8 Å². The number of nitrogens with one attached hydrogen (secondary N) is 1. The summed E-state index contributed by atoms with van der Waals surface area (Å²) in [7, 11) is 0. The van der Waals surface area contributed by atoms with Crippen LogP contribution in [-0.2, 0) is 6.54 Å². The fourth-order valence-electron chi connectivity index (χ4n) is 1.63. The molecule has 0 saturated carbocycles. The van der Waals surface area contributed by atoms with Gasteiger partial charge in [-0.1, -0.05) is 0 Å². The van der Waals surface area contributed by atoms with Gasteiger partial charge >= 0.3 is 0 Å². The topological polar surface area (TPSA) is 37.8 Å². The average molecular weight is 247 g/mol. The molecule has 0 aliphatic rings. The van der Waals surface area contributed by atoms with Crippen LogP contribution in [0.3, 0.4) is 0 Å². The van der Waals surface area contributed by atoms with Crippen molar-refractivity contribution < 1.29 is 0 Å². The molecule has 1 atom stereocenters. The third kappa shape index (κ3) is 3.11. The summed E-state index contributed by atoms with van der Waals surface area (Å²) in [4.78, 5) is 9.85. The third-order valence-electron chi connectivity index (χ3n) is 2.84. The monoisotopic (exact) mass is 247 g/mol. The first-order valence-electron chi connectivity index (χ1n) is 5.73. The number of hydrogen-bond acceptors (Lipinski definition) is 4. The molecule has 4 heteroatoms. The number of aryl methyl sites for hydroxylation is 2. The highest BCUT2D eigenvalue weighted by Gasteiger charge is 2.07. The molecule has 0 saturated heterocycles. The standard InChI is InChI=1S/C13H17N3S/c1-9-11(3)17-13(16-9)8-15-10(2)12-4-6-14-7-5-12/h4-7,10,15H,8H2,1-3H3/t10-/m0/s1. The fourth-order valence-corrected chi connectivity index (χ4v) is 2.51. The molecule has 0 spiro atoms. The van der Waals surface area contributed by atoms with Gasteiger partial charge in [0.1, 0.15) is 5.01 Å². The van der Waals surface area contributed by atoms with E-state index in [-0.39, 0.29) is 0 Å². The van der Waals surface area contributed by atoms with Gasteiger partial charge in [-0.2, -0.15) is 0 Å². The first-order chi connectivity index (χ1) is 8.16. The van der Waals surface area contributed by atoms with Gasteiger partial charge in [-0.3, -0.25) is 4.98 Å². The molecule has 1 N–H and O–H groups in total. The highest BCUT2D eigenvalue weighted by molar-refractivity contribution is 7.11. The predicted octanol–water partition coefficient (Wildman–Crippen LogP) is 3.01. The van der Waals surface area contributed by atoms with E-state index in [1.54, 1.807) is 11.3 Å². The Balaban J connectivity index is 1.94. The van der Waals surface area contributed by atoms with Crippen LogP contribution in [0.1, 0.15) is 34.1 Å². The van der Waals surface area contributed by atoms with E-state index in [0.29, 0.717) is 6.04 Å². The largest absolute Gasteiger partial charge is 0.304 e. The summed E-state index contributed by atoms with van der Waals surface area (Å²) in [6, 6.07) is 4.40. The molecule has 0 aliphatic carbocycles. The van der Waals surface area contributed by atoms with Gasteiger partial charge in [0, 0.05) is 29.9 Å². The van der Waals surface area contributed by atoms with Crippen molar-refractivity contribution in [3.63, 3.8) is 0 Å². The molecule has 0 radical (unpaired) electrons. The summed E-state index contributed by atoms with van der Waals surface area (Å²) in [5, 5.41) is 4.63. The molecule has 3 nitrogen and oxygen atoms in total. The van der Waals surface area contributed by atoms with E-state index in [4.69, 9.17) is 0 Å². The van der Waals surface area contributed by atoms with Crippen molar-refractivity contribution in [2.24, 2.45) is 0 Å². The Labute approximate surface area is 106 Å². The van der Waals surface area contributed by atoms with Crippen LogP contribution in [0.4, 0.5) is 0 Å². The summed E-state index contributed by atoms with van der Waals surface area (Å²) in [6.45, 7) is 7.15. The van der Waals surface area contributed by atoms with Crippen molar-refractivity contribution in [2.75, 3.05) is 0 Å². The van der Waals surface area contributed by atoms with Crippen LogP contribution >= 0.6 is 11.3 Å². The van der Waals surface area contributed by atoms with E-state index in [1.807, 2.05) is 24.5 Å². The molecule has 2 rings (SSSR count). The highest BCUT2D eigenvalue weighted by Crippen LogP contribution is 2.17. The van der Waals surface area contributed by atoms with E-state index in [9.17, 15) is 0 Å². The van der Waals surface area contributed by atoms with Gasteiger partial charge in [-0.15, -0.1) is 11.3 Å². The van der Waals surface area contributed by atoms with Crippen LogP contribution in [-0.4, -0.2) is 9.97 Å². The maximum absolute atomic E-state index is 4.52. The normalized spacial score (nSPS) is 12.6. The zero-order chi connectivity index (χ0) is 12.3. The molecule has 0 unspecified atom stereocenters. The lowest BCUT2D eigenvalue weighted by atomic mass is 10.1. The molecule has 0 aromatic carbocycles. The van der Waals surface area contributed by atoms with Gasteiger partial charge in [-0.25, -0.2) is 4.98 Å². The highest BCUT2D eigenvalue weighted by atomic mass is 32.1. The van der Waals surface area contributed by atoms with E-state index < -0.39 is 0 Å². The van der Waals surface area contributed by atoms with Crippen molar-refractivity contribution in [3.05, 3.63) is 45.7 Å². The van der Waals surface area contributed by atoms with Gasteiger partial charge < -0.3 is 5.32 Å². The van der Waals surface area contributed by atoms with E-state index in [1.165, 1.54) is 10.4 Å². The van der Waals surface area contributed by atoms with Crippen LogP contribution < -0.4 is 5.32 Å². The molecule has 90 valence electrons. The van der Waals surface area contributed by atoms with Crippen molar-refractivity contribution >= 4 is 11.3 Å². The molecule has 2 aromatic rings. The molecule has 0 fully saturated rings. The SMILES string of the molecule is Cc1nc(CN[C@@H](C)c2ccncc2)sc1C. The second-order valence-electron chi connectivity index (χ2n) is 4.13. The summed E-state index contributed by atoms with van der Waals surface area (Å²) >= 11 is 1.77. The summed E-state index contributed by atoms with van der Waals surface area (Å²) in [6.07, 6.45) is 3.65. The Morgan fingerprint density at radius 2 is 2.00 bits per heavy atom. The lowest BCUT2D eigenvalue weighted by Gasteiger charge is -2.12. The minimum absolute atomic E-state index is 0.322. The van der Waals surface area contributed by atoms with Gasteiger partial charge in [0.25, 0.3) is 0 Å². The van der Waals surface area contributed by atoms with Gasteiger partial charge in [0.15, 0.2) is 0 Å². The number of rotatable bonds is 4. The van der Waals surface area contributed by atoms with Crippen LogP contribution in [0.2, 0.25) is 0 Å². The number of thiazole rings is 1. The lowest BCUT2D eigenvalue weighted by Crippen LogP contribution is -2.17. The first kappa shape index (κ1) is 12.2.